The van der Waals surface area contributed by atoms with E-state index < -0.39 is 6.29 Å². The van der Waals surface area contributed by atoms with Gasteiger partial charge in [0.15, 0.2) is 17.8 Å². The SMILES string of the molecule is Oc1cc2c(cc1O)[C@@H](Cc1ccc(NCCCC3OC3O)c(I)c1)NCC2. The van der Waals surface area contributed by atoms with Crippen LogP contribution in [-0.4, -0.2) is 40.8 Å². The Bertz CT molecular complexity index is 861. The van der Waals surface area contributed by atoms with Crippen molar-refractivity contribution in [3.8, 4) is 11.5 Å². The second kappa shape index (κ2) is 8.44. The molecule has 1 fully saturated rings. The Balaban J connectivity index is 1.38. The summed E-state index contributed by atoms with van der Waals surface area (Å²) in [5, 5.41) is 35.8. The molecule has 6 nitrogen and oxygen atoms in total. The van der Waals surface area contributed by atoms with Crippen LogP contribution in [0.4, 0.5) is 5.69 Å². The highest BCUT2D eigenvalue weighted by Gasteiger charge is 2.35. The van der Waals surface area contributed by atoms with E-state index in [0.717, 1.165) is 55.6 Å². The topological polar surface area (TPSA) is 97.3 Å². The summed E-state index contributed by atoms with van der Waals surface area (Å²) >= 11 is 2.35. The predicted octanol–water partition coefficient (Wildman–Crippen LogP) is 3.04. The second-order valence-corrected chi connectivity index (χ2v) is 8.61. The van der Waals surface area contributed by atoms with Crippen molar-refractivity contribution in [1.82, 2.24) is 5.32 Å². The summed E-state index contributed by atoms with van der Waals surface area (Å²) in [6.45, 7) is 1.71. The smallest absolute Gasteiger partial charge is 0.181 e. The van der Waals surface area contributed by atoms with Crippen LogP contribution in [0.25, 0.3) is 0 Å². The molecule has 0 bridgehead atoms. The van der Waals surface area contributed by atoms with Crippen molar-refractivity contribution >= 4 is 28.3 Å². The third kappa shape index (κ3) is 4.53. The number of aromatic hydroxyl groups is 2. The van der Waals surface area contributed by atoms with E-state index in [0.29, 0.717) is 0 Å². The molecule has 2 unspecified atom stereocenters. The first-order valence-corrected chi connectivity index (χ1v) is 10.7. The highest BCUT2D eigenvalue weighted by atomic mass is 127. The van der Waals surface area contributed by atoms with Gasteiger partial charge in [-0.05, 0) is 95.8 Å². The molecule has 1 saturated heterocycles. The number of anilines is 1. The van der Waals surface area contributed by atoms with Gasteiger partial charge in [0.2, 0.25) is 0 Å². The first-order chi connectivity index (χ1) is 13.5. The largest absolute Gasteiger partial charge is 0.504 e. The van der Waals surface area contributed by atoms with Crippen molar-refractivity contribution in [3.63, 3.8) is 0 Å². The van der Waals surface area contributed by atoms with Crippen LogP contribution in [0.3, 0.4) is 0 Å². The van der Waals surface area contributed by atoms with E-state index in [1.165, 1.54) is 9.13 Å². The number of nitrogens with one attached hydrogen (secondary N) is 2. The summed E-state index contributed by atoms with van der Waals surface area (Å²) < 4.78 is 6.18. The first-order valence-electron chi connectivity index (χ1n) is 9.65. The van der Waals surface area contributed by atoms with E-state index in [-0.39, 0.29) is 23.6 Å². The van der Waals surface area contributed by atoms with Gasteiger partial charge in [-0.2, -0.15) is 0 Å². The normalized spacial score (nSPS) is 23.3. The molecule has 2 heterocycles. The van der Waals surface area contributed by atoms with Gasteiger partial charge in [0.05, 0.1) is 0 Å². The first kappa shape index (κ1) is 19.8. The number of hydrogen-bond acceptors (Lipinski definition) is 6. The Morgan fingerprint density at radius 2 is 1.96 bits per heavy atom. The number of aliphatic hydroxyl groups excluding tert-OH is 1. The lowest BCUT2D eigenvalue weighted by molar-refractivity contribution is 0.156. The number of epoxide rings is 1. The molecular weight excluding hydrogens is 471 g/mol. The number of phenolic OH excluding ortho intramolecular Hbond substituents is 2. The number of aliphatic hydroxyl groups is 1. The zero-order valence-electron chi connectivity index (χ0n) is 15.5. The van der Waals surface area contributed by atoms with Gasteiger partial charge in [0, 0.05) is 21.8 Å². The Labute approximate surface area is 178 Å². The van der Waals surface area contributed by atoms with E-state index in [9.17, 15) is 10.2 Å². The Kier molecular flexibility index (Phi) is 5.96. The van der Waals surface area contributed by atoms with Gasteiger partial charge in [0.25, 0.3) is 0 Å². The zero-order valence-corrected chi connectivity index (χ0v) is 17.6. The molecule has 4 rings (SSSR count). The van der Waals surface area contributed by atoms with Gasteiger partial charge in [-0.3, -0.25) is 0 Å². The fraction of sp³-hybridized carbons (Fsp3) is 0.429. The second-order valence-electron chi connectivity index (χ2n) is 7.45. The maximum atomic E-state index is 9.89. The molecule has 5 N–H and O–H groups in total. The van der Waals surface area contributed by atoms with Crippen LogP contribution in [0.5, 0.6) is 11.5 Å². The summed E-state index contributed by atoms with van der Waals surface area (Å²) in [6, 6.07) is 9.91. The van der Waals surface area contributed by atoms with Crippen molar-refractivity contribution in [2.75, 3.05) is 18.4 Å². The predicted molar refractivity (Wildman–Crippen MR) is 116 cm³/mol. The van der Waals surface area contributed by atoms with E-state index >= 15 is 0 Å². The molecule has 7 heteroatoms. The third-order valence-corrected chi connectivity index (χ3v) is 6.30. The molecular formula is C21H25IN2O4. The van der Waals surface area contributed by atoms with Gasteiger partial charge in [0.1, 0.15) is 6.10 Å². The maximum absolute atomic E-state index is 9.89. The standard InChI is InChI=1S/C21H25IN2O4/c22-15-8-12(3-4-16(15)23-6-1-2-20-21(27)28-20)9-17-14-11-19(26)18(25)10-13(14)5-7-24-17/h3-4,8,10-11,17,20-21,23-27H,1-2,5-7,9H2/t17-,20?,21?/m1/s1. The number of fused-ring (bicyclic) bond motifs is 1. The van der Waals surface area contributed by atoms with Crippen LogP contribution in [0, 0.1) is 3.57 Å². The summed E-state index contributed by atoms with van der Waals surface area (Å²) in [5.74, 6) is -0.113. The Morgan fingerprint density at radius 1 is 1.18 bits per heavy atom. The fourth-order valence-corrected chi connectivity index (χ4v) is 4.56. The number of rotatable bonds is 7. The van der Waals surface area contributed by atoms with Gasteiger partial charge in [-0.1, -0.05) is 6.07 Å². The summed E-state index contributed by atoms with van der Waals surface area (Å²) in [6.07, 6.45) is 2.98. The van der Waals surface area contributed by atoms with Crippen LogP contribution in [-0.2, 0) is 17.6 Å². The van der Waals surface area contributed by atoms with Crippen molar-refractivity contribution in [1.29, 1.82) is 0 Å². The van der Waals surface area contributed by atoms with E-state index in [1.807, 2.05) is 0 Å². The van der Waals surface area contributed by atoms with Crippen LogP contribution in [0.1, 0.15) is 35.6 Å². The molecule has 2 aliphatic rings. The minimum Gasteiger partial charge on any atom is -0.504 e. The molecule has 0 aromatic heterocycles. The van der Waals surface area contributed by atoms with Gasteiger partial charge < -0.3 is 30.7 Å². The molecule has 150 valence electrons. The Hall–Kier alpha value is -1.55. The van der Waals surface area contributed by atoms with Gasteiger partial charge >= 0.3 is 0 Å². The molecule has 2 aromatic carbocycles. The lowest BCUT2D eigenvalue weighted by atomic mass is 9.90. The van der Waals surface area contributed by atoms with Crippen LogP contribution >= 0.6 is 22.6 Å². The average Bonchev–Trinajstić information content (AvgIpc) is 3.37. The number of ether oxygens (including phenoxy) is 1. The Morgan fingerprint density at radius 3 is 2.71 bits per heavy atom. The zero-order chi connectivity index (χ0) is 19.7. The number of halogens is 1. The lowest BCUT2D eigenvalue weighted by Crippen LogP contribution is -2.31. The van der Waals surface area contributed by atoms with Crippen LogP contribution in [0.2, 0.25) is 0 Å². The van der Waals surface area contributed by atoms with Gasteiger partial charge in [-0.15, -0.1) is 0 Å². The minimum atomic E-state index is -0.552. The molecule has 3 atom stereocenters. The lowest BCUT2D eigenvalue weighted by Gasteiger charge is -2.27. The van der Waals surface area contributed by atoms with Crippen LogP contribution < -0.4 is 10.6 Å². The van der Waals surface area contributed by atoms with Crippen molar-refractivity contribution in [2.45, 2.75) is 44.1 Å². The molecule has 0 radical (unpaired) electrons. The van der Waals surface area contributed by atoms with Crippen molar-refractivity contribution in [2.24, 2.45) is 0 Å². The molecule has 0 amide bonds. The molecule has 2 aliphatic heterocycles. The number of hydrogen-bond donors (Lipinski definition) is 5. The number of phenols is 2. The third-order valence-electron chi connectivity index (χ3n) is 5.41. The highest BCUT2D eigenvalue weighted by Crippen LogP contribution is 2.35. The maximum Gasteiger partial charge on any atom is 0.181 e. The quantitative estimate of drug-likeness (QED) is 0.175. The van der Waals surface area contributed by atoms with Crippen LogP contribution in [0.15, 0.2) is 30.3 Å². The molecule has 0 spiro atoms. The van der Waals surface area contributed by atoms with E-state index in [2.05, 4.69) is 51.4 Å². The van der Waals surface area contributed by atoms with Gasteiger partial charge in [-0.25, -0.2) is 0 Å². The van der Waals surface area contributed by atoms with E-state index in [1.54, 1.807) is 12.1 Å². The molecule has 0 saturated carbocycles. The van der Waals surface area contributed by atoms with Crippen molar-refractivity contribution in [3.05, 3.63) is 50.6 Å². The van der Waals surface area contributed by atoms with E-state index in [4.69, 9.17) is 9.84 Å². The molecule has 28 heavy (non-hydrogen) atoms. The fourth-order valence-electron chi connectivity index (χ4n) is 3.79. The monoisotopic (exact) mass is 496 g/mol. The summed E-state index contributed by atoms with van der Waals surface area (Å²) in [5.41, 5.74) is 4.49. The number of benzene rings is 2. The average molecular weight is 496 g/mol. The molecule has 2 aromatic rings. The summed E-state index contributed by atoms with van der Waals surface area (Å²) in [4.78, 5) is 0. The molecule has 0 aliphatic carbocycles. The summed E-state index contributed by atoms with van der Waals surface area (Å²) in [7, 11) is 0. The minimum absolute atomic E-state index is 0.0236. The van der Waals surface area contributed by atoms with Crippen molar-refractivity contribution < 1.29 is 20.1 Å². The highest BCUT2D eigenvalue weighted by molar-refractivity contribution is 14.1.